The number of methoxy groups -OCH3 is 1. The number of hydrogen-bond acceptors (Lipinski definition) is 6. The summed E-state index contributed by atoms with van der Waals surface area (Å²) in [6, 6.07) is 17.5. The molecule has 8 nitrogen and oxygen atoms in total. The van der Waals surface area contributed by atoms with E-state index in [0.29, 0.717) is 17.1 Å². The van der Waals surface area contributed by atoms with Crippen molar-refractivity contribution in [3.63, 3.8) is 0 Å². The van der Waals surface area contributed by atoms with Gasteiger partial charge < -0.3 is 20.1 Å². The molecule has 0 spiro atoms. The van der Waals surface area contributed by atoms with Gasteiger partial charge in [-0.1, -0.05) is 18.2 Å². The maximum absolute atomic E-state index is 13.0. The maximum atomic E-state index is 13.0. The van der Waals surface area contributed by atoms with Crippen molar-refractivity contribution in [3.8, 4) is 11.5 Å². The first-order valence-electron chi connectivity index (χ1n) is 10.3. The Bertz CT molecular complexity index is 1250. The van der Waals surface area contributed by atoms with E-state index < -0.39 is 10.0 Å². The van der Waals surface area contributed by atoms with Crippen molar-refractivity contribution >= 4 is 27.3 Å². The summed E-state index contributed by atoms with van der Waals surface area (Å²) in [7, 11) is 0.458. The average molecular weight is 488 g/mol. The van der Waals surface area contributed by atoms with Gasteiger partial charge in [0.05, 0.1) is 13.7 Å². The largest absolute Gasteiger partial charge is 0.495 e. The van der Waals surface area contributed by atoms with E-state index in [1.54, 1.807) is 42.5 Å². The van der Waals surface area contributed by atoms with Crippen LogP contribution in [0.4, 0.5) is 15.8 Å². The molecule has 0 unspecified atom stereocenters. The third-order valence-electron chi connectivity index (χ3n) is 4.81. The zero-order valence-corrected chi connectivity index (χ0v) is 19.9. The second kappa shape index (κ2) is 11.0. The average Bonchev–Trinajstić information content (AvgIpc) is 2.82. The summed E-state index contributed by atoms with van der Waals surface area (Å²) in [5.41, 5.74) is 1.82. The topological polar surface area (TPSA) is 97.0 Å². The Labute approximate surface area is 198 Å². The van der Waals surface area contributed by atoms with Gasteiger partial charge >= 0.3 is 0 Å². The van der Waals surface area contributed by atoms with Gasteiger partial charge in [0.25, 0.3) is 0 Å². The highest BCUT2D eigenvalue weighted by molar-refractivity contribution is 7.89. The molecule has 0 atom stereocenters. The Morgan fingerprint density at radius 1 is 1.00 bits per heavy atom. The van der Waals surface area contributed by atoms with Gasteiger partial charge in [-0.2, -0.15) is 0 Å². The van der Waals surface area contributed by atoms with Gasteiger partial charge in [-0.3, -0.25) is 4.79 Å². The summed E-state index contributed by atoms with van der Waals surface area (Å²) < 4.78 is 50.0. The van der Waals surface area contributed by atoms with Crippen molar-refractivity contribution < 1.29 is 27.1 Å². The minimum absolute atomic E-state index is 0.0447. The second-order valence-corrected chi connectivity index (χ2v) is 9.62. The predicted octanol–water partition coefficient (Wildman–Crippen LogP) is 3.71. The van der Waals surface area contributed by atoms with E-state index in [1.807, 2.05) is 0 Å². The predicted molar refractivity (Wildman–Crippen MR) is 128 cm³/mol. The summed E-state index contributed by atoms with van der Waals surface area (Å²) in [5.74, 6) is 0.0973. The Morgan fingerprint density at radius 2 is 1.74 bits per heavy atom. The third-order valence-corrected chi connectivity index (χ3v) is 6.65. The fourth-order valence-corrected chi connectivity index (χ4v) is 4.06. The maximum Gasteiger partial charge on any atom is 0.246 e. The zero-order chi connectivity index (χ0) is 24.7. The molecule has 0 radical (unpaired) electrons. The number of rotatable bonds is 10. The van der Waals surface area contributed by atoms with Crippen molar-refractivity contribution in [2.45, 2.75) is 11.5 Å². The number of hydrogen-bond donors (Lipinski definition) is 2. The fraction of sp³-hybridized carbons (Fsp3) is 0.208. The van der Waals surface area contributed by atoms with Crippen LogP contribution in [0.2, 0.25) is 0 Å². The number of carbonyl (C=O) groups excluding carboxylic acids is 1. The summed E-state index contributed by atoms with van der Waals surface area (Å²) in [4.78, 5) is 12.4. The Hall–Kier alpha value is -3.63. The van der Waals surface area contributed by atoms with Gasteiger partial charge in [-0.15, -0.1) is 0 Å². The number of nitrogens with one attached hydrogen (secondary N) is 2. The van der Waals surface area contributed by atoms with Gasteiger partial charge in [-0.25, -0.2) is 17.1 Å². The number of carbonyl (C=O) groups is 1. The monoisotopic (exact) mass is 487 g/mol. The first kappa shape index (κ1) is 25.0. The third kappa shape index (κ3) is 6.46. The SMILES string of the molecule is COc1ccc(NC(=O)CNc2cccc(OCc3ccc(F)cc3)c2)cc1S(=O)(=O)N(C)C. The minimum Gasteiger partial charge on any atom is -0.495 e. The number of anilines is 2. The number of ether oxygens (including phenoxy) is 2. The molecule has 0 aromatic heterocycles. The molecule has 0 saturated heterocycles. The van der Waals surface area contributed by atoms with E-state index in [9.17, 15) is 17.6 Å². The normalized spacial score (nSPS) is 11.2. The first-order chi connectivity index (χ1) is 16.2. The standard InChI is InChI=1S/C24H26FN3O5S/c1-28(2)34(30,31)23-14-20(11-12-22(23)32-3)27-24(29)15-26-19-5-4-6-21(13-19)33-16-17-7-9-18(25)10-8-17/h4-14,26H,15-16H2,1-3H3,(H,27,29). The van der Waals surface area contributed by atoms with E-state index in [1.165, 1.54) is 45.5 Å². The molecule has 10 heteroatoms. The molecule has 0 bridgehead atoms. The number of sulfonamides is 1. The molecule has 3 rings (SSSR count). The van der Waals surface area contributed by atoms with Crippen molar-refractivity contribution in [2.75, 3.05) is 38.4 Å². The number of halogens is 1. The summed E-state index contributed by atoms with van der Waals surface area (Å²) >= 11 is 0. The molecular formula is C24H26FN3O5S. The van der Waals surface area contributed by atoms with Crippen molar-refractivity contribution in [1.82, 2.24) is 4.31 Å². The summed E-state index contributed by atoms with van der Waals surface area (Å²) in [6.45, 7) is 0.225. The second-order valence-electron chi connectivity index (χ2n) is 7.50. The molecule has 34 heavy (non-hydrogen) atoms. The lowest BCUT2D eigenvalue weighted by atomic mass is 10.2. The van der Waals surface area contributed by atoms with E-state index in [-0.39, 0.29) is 35.5 Å². The molecule has 1 amide bonds. The molecule has 0 aliphatic heterocycles. The van der Waals surface area contributed by atoms with Crippen LogP contribution in [0.25, 0.3) is 0 Å². The van der Waals surface area contributed by atoms with Gasteiger partial charge in [0, 0.05) is 31.5 Å². The van der Waals surface area contributed by atoms with Crippen LogP contribution in [0.1, 0.15) is 5.56 Å². The Morgan fingerprint density at radius 3 is 2.41 bits per heavy atom. The van der Waals surface area contributed by atoms with Crippen molar-refractivity contribution in [3.05, 3.63) is 78.1 Å². The van der Waals surface area contributed by atoms with Gasteiger partial charge in [0.1, 0.15) is 28.8 Å². The van der Waals surface area contributed by atoms with Gasteiger partial charge in [-0.05, 0) is 48.0 Å². The van der Waals surface area contributed by atoms with E-state index in [2.05, 4.69) is 10.6 Å². The first-order valence-corrected chi connectivity index (χ1v) is 11.7. The van der Waals surface area contributed by atoms with Gasteiger partial charge in [0.2, 0.25) is 15.9 Å². The van der Waals surface area contributed by atoms with E-state index in [4.69, 9.17) is 9.47 Å². The van der Waals surface area contributed by atoms with Crippen LogP contribution >= 0.6 is 0 Å². The molecule has 0 saturated carbocycles. The summed E-state index contributed by atoms with van der Waals surface area (Å²) in [6.07, 6.45) is 0. The van der Waals surface area contributed by atoms with Crippen LogP contribution in [-0.4, -0.2) is 46.4 Å². The molecule has 2 N–H and O–H groups in total. The molecule has 0 fully saturated rings. The van der Waals surface area contributed by atoms with Crippen LogP contribution in [0.3, 0.4) is 0 Å². The van der Waals surface area contributed by atoms with Crippen LogP contribution < -0.4 is 20.1 Å². The molecule has 0 heterocycles. The quantitative estimate of drug-likeness (QED) is 0.453. The van der Waals surface area contributed by atoms with Gasteiger partial charge in [0.15, 0.2) is 0 Å². The number of amides is 1. The van der Waals surface area contributed by atoms with Crippen LogP contribution in [-0.2, 0) is 21.4 Å². The Kier molecular flexibility index (Phi) is 8.08. The van der Waals surface area contributed by atoms with Crippen LogP contribution in [0, 0.1) is 5.82 Å². The smallest absolute Gasteiger partial charge is 0.246 e. The summed E-state index contributed by atoms with van der Waals surface area (Å²) in [5, 5.41) is 5.68. The molecule has 0 aliphatic carbocycles. The lowest BCUT2D eigenvalue weighted by Crippen LogP contribution is -2.24. The zero-order valence-electron chi connectivity index (χ0n) is 19.0. The fourth-order valence-electron chi connectivity index (χ4n) is 2.98. The lowest BCUT2D eigenvalue weighted by Gasteiger charge is -2.16. The van der Waals surface area contributed by atoms with Crippen molar-refractivity contribution in [1.29, 1.82) is 0 Å². The van der Waals surface area contributed by atoms with Crippen molar-refractivity contribution in [2.24, 2.45) is 0 Å². The minimum atomic E-state index is -3.76. The van der Waals surface area contributed by atoms with Crippen LogP contribution in [0.15, 0.2) is 71.6 Å². The van der Waals surface area contributed by atoms with Crippen LogP contribution in [0.5, 0.6) is 11.5 Å². The molecule has 180 valence electrons. The van der Waals surface area contributed by atoms with E-state index in [0.717, 1.165) is 9.87 Å². The highest BCUT2D eigenvalue weighted by Gasteiger charge is 2.23. The number of nitrogens with zero attached hydrogens (tertiary/aromatic N) is 1. The highest BCUT2D eigenvalue weighted by Crippen LogP contribution is 2.29. The Balaban J connectivity index is 1.60. The number of benzene rings is 3. The van der Waals surface area contributed by atoms with E-state index >= 15 is 0 Å². The molecule has 3 aromatic rings. The lowest BCUT2D eigenvalue weighted by molar-refractivity contribution is -0.114. The molecule has 3 aromatic carbocycles. The molecular weight excluding hydrogens is 461 g/mol. The molecule has 0 aliphatic rings. The highest BCUT2D eigenvalue weighted by atomic mass is 32.2.